The van der Waals surface area contributed by atoms with Gasteiger partial charge < -0.3 is 18.9 Å². The van der Waals surface area contributed by atoms with Crippen LogP contribution < -0.4 is 0 Å². The summed E-state index contributed by atoms with van der Waals surface area (Å²) in [6.07, 6.45) is 1.30. The van der Waals surface area contributed by atoms with Gasteiger partial charge in [0.15, 0.2) is 12.1 Å². The molecule has 0 radical (unpaired) electrons. The third-order valence-corrected chi connectivity index (χ3v) is 2.69. The fourth-order valence-corrected chi connectivity index (χ4v) is 2.04. The van der Waals surface area contributed by atoms with Crippen LogP contribution >= 0.6 is 0 Å². The standard InChI is InChI=1S/C9H14O4/c1-9(2)12-6-3-5(7-4-10-7)11-8(6)13-9/h5-8H,3-4H2,1-2H3/t5?,6?,7-,8?/m1/s1. The van der Waals surface area contributed by atoms with Crippen molar-refractivity contribution in [2.24, 2.45) is 0 Å². The Kier molecular flexibility index (Phi) is 1.54. The highest BCUT2D eigenvalue weighted by Gasteiger charge is 2.52. The second-order valence-corrected chi connectivity index (χ2v) is 4.32. The molecule has 0 bridgehead atoms. The Labute approximate surface area is 77.1 Å². The first-order chi connectivity index (χ1) is 6.14. The molecule has 3 heterocycles. The van der Waals surface area contributed by atoms with Crippen LogP contribution in [-0.4, -0.2) is 37.0 Å². The van der Waals surface area contributed by atoms with Crippen molar-refractivity contribution in [2.45, 2.75) is 50.7 Å². The second kappa shape index (κ2) is 2.45. The monoisotopic (exact) mass is 186 g/mol. The maximum absolute atomic E-state index is 5.68. The van der Waals surface area contributed by atoms with E-state index < -0.39 is 5.79 Å². The van der Waals surface area contributed by atoms with Gasteiger partial charge >= 0.3 is 0 Å². The van der Waals surface area contributed by atoms with E-state index in [2.05, 4.69) is 0 Å². The van der Waals surface area contributed by atoms with Crippen LogP contribution in [0.5, 0.6) is 0 Å². The van der Waals surface area contributed by atoms with Gasteiger partial charge in [0.25, 0.3) is 0 Å². The lowest BCUT2D eigenvalue weighted by molar-refractivity contribution is -0.206. The van der Waals surface area contributed by atoms with Crippen molar-refractivity contribution >= 4 is 0 Å². The van der Waals surface area contributed by atoms with Gasteiger partial charge in [-0.3, -0.25) is 0 Å². The van der Waals surface area contributed by atoms with E-state index in [4.69, 9.17) is 18.9 Å². The molecule has 3 rings (SSSR count). The molecule has 13 heavy (non-hydrogen) atoms. The summed E-state index contributed by atoms with van der Waals surface area (Å²) >= 11 is 0. The number of epoxide rings is 1. The minimum absolute atomic E-state index is 0.101. The van der Waals surface area contributed by atoms with Gasteiger partial charge in [0.2, 0.25) is 0 Å². The molecular formula is C9H14O4. The zero-order chi connectivity index (χ0) is 9.05. The molecule has 4 nitrogen and oxygen atoms in total. The predicted molar refractivity (Wildman–Crippen MR) is 43.1 cm³/mol. The molecule has 3 unspecified atom stereocenters. The van der Waals surface area contributed by atoms with E-state index >= 15 is 0 Å². The summed E-state index contributed by atoms with van der Waals surface area (Å²) in [4.78, 5) is 0. The van der Waals surface area contributed by atoms with Crippen molar-refractivity contribution in [2.75, 3.05) is 6.61 Å². The molecule has 3 aliphatic rings. The third kappa shape index (κ3) is 1.38. The van der Waals surface area contributed by atoms with Crippen molar-refractivity contribution in [3.05, 3.63) is 0 Å². The first-order valence-electron chi connectivity index (χ1n) is 4.77. The van der Waals surface area contributed by atoms with Crippen molar-refractivity contribution in [1.82, 2.24) is 0 Å². The number of ether oxygens (including phenoxy) is 4. The minimum atomic E-state index is -0.481. The van der Waals surface area contributed by atoms with Gasteiger partial charge in [-0.25, -0.2) is 0 Å². The summed E-state index contributed by atoms with van der Waals surface area (Å²) < 4.78 is 22.1. The zero-order valence-corrected chi connectivity index (χ0v) is 7.86. The number of rotatable bonds is 1. The Morgan fingerprint density at radius 3 is 2.46 bits per heavy atom. The molecule has 3 saturated heterocycles. The lowest BCUT2D eigenvalue weighted by Gasteiger charge is -2.19. The van der Waals surface area contributed by atoms with Gasteiger partial charge in [0.1, 0.15) is 12.2 Å². The van der Waals surface area contributed by atoms with Gasteiger partial charge in [-0.1, -0.05) is 0 Å². The van der Waals surface area contributed by atoms with Gasteiger partial charge in [-0.2, -0.15) is 0 Å². The lowest BCUT2D eigenvalue weighted by Crippen LogP contribution is -2.26. The summed E-state index contributed by atoms with van der Waals surface area (Å²) in [6.45, 7) is 4.65. The molecule has 0 aromatic carbocycles. The van der Waals surface area contributed by atoms with Gasteiger partial charge in [0, 0.05) is 6.42 Å². The van der Waals surface area contributed by atoms with Crippen LogP contribution in [0.4, 0.5) is 0 Å². The molecule has 0 aromatic rings. The smallest absolute Gasteiger partial charge is 0.187 e. The van der Waals surface area contributed by atoms with Crippen LogP contribution in [0.15, 0.2) is 0 Å². The van der Waals surface area contributed by atoms with E-state index in [0.29, 0.717) is 6.10 Å². The maximum atomic E-state index is 5.68. The minimum Gasteiger partial charge on any atom is -0.370 e. The molecule has 0 aromatic heterocycles. The van der Waals surface area contributed by atoms with Crippen LogP contribution in [0, 0.1) is 0 Å². The Hall–Kier alpha value is -0.160. The first-order valence-corrected chi connectivity index (χ1v) is 4.77. The van der Waals surface area contributed by atoms with Gasteiger partial charge in [-0.15, -0.1) is 0 Å². The molecule has 0 N–H and O–H groups in total. The van der Waals surface area contributed by atoms with Crippen molar-refractivity contribution < 1.29 is 18.9 Å². The fourth-order valence-electron chi connectivity index (χ4n) is 2.04. The van der Waals surface area contributed by atoms with Gasteiger partial charge in [-0.05, 0) is 13.8 Å². The lowest BCUT2D eigenvalue weighted by atomic mass is 10.1. The highest BCUT2D eigenvalue weighted by atomic mass is 16.8. The Bertz CT molecular complexity index is 208. The predicted octanol–water partition coefficient (Wildman–Crippen LogP) is 0.652. The second-order valence-electron chi connectivity index (χ2n) is 4.32. The molecule has 4 heteroatoms. The normalized spacial score (nSPS) is 52.2. The zero-order valence-electron chi connectivity index (χ0n) is 7.86. The quantitative estimate of drug-likeness (QED) is 0.564. The first kappa shape index (κ1) is 8.17. The molecule has 0 saturated carbocycles. The number of fused-ring (bicyclic) bond motifs is 1. The molecule has 0 aliphatic carbocycles. The van der Waals surface area contributed by atoms with E-state index in [-0.39, 0.29) is 18.5 Å². The molecule has 4 atom stereocenters. The van der Waals surface area contributed by atoms with Crippen LogP contribution in [0.3, 0.4) is 0 Å². The van der Waals surface area contributed by atoms with E-state index in [9.17, 15) is 0 Å². The van der Waals surface area contributed by atoms with Crippen molar-refractivity contribution in [3.63, 3.8) is 0 Å². The summed E-state index contributed by atoms with van der Waals surface area (Å²) in [5.41, 5.74) is 0. The Balaban J connectivity index is 1.66. The van der Waals surface area contributed by atoms with E-state index in [1.54, 1.807) is 0 Å². The molecule has 0 amide bonds. The van der Waals surface area contributed by atoms with E-state index in [0.717, 1.165) is 13.0 Å². The molecule has 3 fully saturated rings. The summed E-state index contributed by atoms with van der Waals surface area (Å²) in [6, 6.07) is 0. The number of hydrogen-bond acceptors (Lipinski definition) is 4. The van der Waals surface area contributed by atoms with E-state index in [1.807, 2.05) is 13.8 Å². The van der Waals surface area contributed by atoms with Gasteiger partial charge in [0.05, 0.1) is 12.7 Å². The summed E-state index contributed by atoms with van der Waals surface area (Å²) in [5.74, 6) is -0.481. The highest BCUT2D eigenvalue weighted by molar-refractivity contribution is 4.92. The van der Waals surface area contributed by atoms with Crippen LogP contribution in [0.25, 0.3) is 0 Å². The topological polar surface area (TPSA) is 40.2 Å². The average Bonchev–Trinajstić information content (AvgIpc) is 2.71. The molecule has 3 aliphatic heterocycles. The summed E-state index contributed by atoms with van der Waals surface area (Å²) in [7, 11) is 0. The van der Waals surface area contributed by atoms with Crippen LogP contribution in [0.2, 0.25) is 0 Å². The molecular weight excluding hydrogens is 172 g/mol. The van der Waals surface area contributed by atoms with Crippen LogP contribution in [0.1, 0.15) is 20.3 Å². The third-order valence-electron chi connectivity index (χ3n) is 2.69. The summed E-state index contributed by atoms with van der Waals surface area (Å²) in [5, 5.41) is 0. The Morgan fingerprint density at radius 2 is 1.85 bits per heavy atom. The molecule has 74 valence electrons. The Morgan fingerprint density at radius 1 is 1.08 bits per heavy atom. The van der Waals surface area contributed by atoms with Crippen molar-refractivity contribution in [1.29, 1.82) is 0 Å². The average molecular weight is 186 g/mol. The fraction of sp³-hybridized carbons (Fsp3) is 1.00. The SMILES string of the molecule is CC1(C)OC2CC([C@H]3CO3)OC2O1. The van der Waals surface area contributed by atoms with E-state index in [1.165, 1.54) is 0 Å². The van der Waals surface area contributed by atoms with Crippen LogP contribution in [-0.2, 0) is 18.9 Å². The highest BCUT2D eigenvalue weighted by Crippen LogP contribution is 2.39. The maximum Gasteiger partial charge on any atom is 0.187 e. The van der Waals surface area contributed by atoms with Crippen molar-refractivity contribution in [3.8, 4) is 0 Å². The number of hydrogen-bond donors (Lipinski definition) is 0. The largest absolute Gasteiger partial charge is 0.370 e. The molecule has 0 spiro atoms.